The third-order valence-electron chi connectivity index (χ3n) is 4.45. The molecular weight excluding hydrogens is 409 g/mol. The number of carbonyl (C=O) groups excluding carboxylic acids is 1. The van der Waals surface area contributed by atoms with Crippen molar-refractivity contribution >= 4 is 39.2 Å². The lowest BCUT2D eigenvalue weighted by atomic mass is 10.1. The summed E-state index contributed by atoms with van der Waals surface area (Å²) in [4.78, 5) is 12.6. The Balaban J connectivity index is 1.90. The maximum atomic E-state index is 13.0. The van der Waals surface area contributed by atoms with E-state index in [1.807, 2.05) is 0 Å². The van der Waals surface area contributed by atoms with Crippen molar-refractivity contribution in [3.05, 3.63) is 57.6 Å². The maximum Gasteiger partial charge on any atom is 0.343 e. The number of piperidine rings is 1. The van der Waals surface area contributed by atoms with Crippen LogP contribution in [-0.2, 0) is 10.0 Å². The van der Waals surface area contributed by atoms with E-state index in [0.717, 1.165) is 19.3 Å². The molecule has 0 atom stereocenters. The molecule has 5 nitrogen and oxygen atoms in total. The molecule has 0 bridgehead atoms. The molecule has 0 radical (unpaired) electrons. The van der Waals surface area contributed by atoms with Gasteiger partial charge in [-0.1, -0.05) is 35.7 Å². The van der Waals surface area contributed by atoms with Gasteiger partial charge >= 0.3 is 5.97 Å². The fourth-order valence-corrected chi connectivity index (χ4v) is 5.05. The molecule has 0 aliphatic carbocycles. The Morgan fingerprint density at radius 3 is 2.44 bits per heavy atom. The van der Waals surface area contributed by atoms with Crippen LogP contribution in [0.25, 0.3) is 0 Å². The number of ether oxygens (including phenoxy) is 1. The zero-order valence-electron chi connectivity index (χ0n) is 14.7. The number of hydrogen-bond acceptors (Lipinski definition) is 4. The van der Waals surface area contributed by atoms with Crippen LogP contribution < -0.4 is 4.74 Å². The minimum Gasteiger partial charge on any atom is -0.421 e. The van der Waals surface area contributed by atoms with Gasteiger partial charge in [0.05, 0.1) is 15.5 Å². The average Bonchev–Trinajstić information content (AvgIpc) is 2.65. The number of aryl methyl sites for hydroxylation is 1. The number of rotatable bonds is 4. The Hall–Kier alpha value is -1.60. The molecule has 1 heterocycles. The van der Waals surface area contributed by atoms with Gasteiger partial charge in [-0.3, -0.25) is 0 Å². The van der Waals surface area contributed by atoms with Crippen molar-refractivity contribution in [3.63, 3.8) is 0 Å². The lowest BCUT2D eigenvalue weighted by Crippen LogP contribution is -2.36. The average molecular weight is 428 g/mol. The molecule has 1 aliphatic heterocycles. The molecule has 0 amide bonds. The number of nitrogens with zero attached hydrogens (tertiary/aromatic N) is 1. The van der Waals surface area contributed by atoms with Gasteiger partial charge in [-0.25, -0.2) is 13.2 Å². The van der Waals surface area contributed by atoms with E-state index in [4.69, 9.17) is 27.9 Å². The first-order chi connectivity index (χ1) is 12.8. The van der Waals surface area contributed by atoms with Gasteiger partial charge in [0.15, 0.2) is 5.75 Å². The first-order valence-electron chi connectivity index (χ1n) is 8.57. The maximum absolute atomic E-state index is 13.0. The fraction of sp³-hybridized carbons (Fsp3) is 0.316. The van der Waals surface area contributed by atoms with Crippen molar-refractivity contribution in [2.45, 2.75) is 31.1 Å². The molecule has 144 valence electrons. The molecule has 3 rings (SSSR count). The van der Waals surface area contributed by atoms with Gasteiger partial charge in [-0.15, -0.1) is 0 Å². The Labute approximate surface area is 168 Å². The van der Waals surface area contributed by atoms with Gasteiger partial charge in [-0.2, -0.15) is 4.31 Å². The van der Waals surface area contributed by atoms with Gasteiger partial charge in [-0.05, 0) is 49.6 Å². The summed E-state index contributed by atoms with van der Waals surface area (Å²) in [6.45, 7) is 2.70. The zero-order valence-corrected chi connectivity index (χ0v) is 17.1. The highest BCUT2D eigenvalue weighted by molar-refractivity contribution is 7.89. The summed E-state index contributed by atoms with van der Waals surface area (Å²) in [5.74, 6) is -0.579. The van der Waals surface area contributed by atoms with Gasteiger partial charge in [0.1, 0.15) is 0 Å². The quantitative estimate of drug-likeness (QED) is 0.523. The van der Waals surface area contributed by atoms with Crippen LogP contribution in [0.1, 0.15) is 35.2 Å². The lowest BCUT2D eigenvalue weighted by Gasteiger charge is -2.26. The Morgan fingerprint density at radius 2 is 1.74 bits per heavy atom. The second-order valence-electron chi connectivity index (χ2n) is 6.41. The number of carbonyl (C=O) groups is 1. The third kappa shape index (κ3) is 4.46. The van der Waals surface area contributed by atoms with E-state index in [9.17, 15) is 13.2 Å². The minimum absolute atomic E-state index is 0.121. The Morgan fingerprint density at radius 1 is 1.04 bits per heavy atom. The zero-order chi connectivity index (χ0) is 19.6. The SMILES string of the molecule is Cc1ccc(C(=O)Oc2cc(Cl)ccc2Cl)cc1S(=O)(=O)N1CCCCC1. The van der Waals surface area contributed by atoms with E-state index in [1.165, 1.54) is 28.6 Å². The number of benzene rings is 2. The molecule has 2 aromatic carbocycles. The summed E-state index contributed by atoms with van der Waals surface area (Å²) >= 11 is 11.9. The molecule has 1 saturated heterocycles. The van der Waals surface area contributed by atoms with Crippen molar-refractivity contribution in [1.82, 2.24) is 4.31 Å². The van der Waals surface area contributed by atoms with Gasteiger partial charge in [0, 0.05) is 24.2 Å². The number of esters is 1. The van der Waals surface area contributed by atoms with Crippen LogP contribution in [0.2, 0.25) is 10.0 Å². The Bertz CT molecular complexity index is 970. The molecule has 1 aliphatic rings. The number of halogens is 2. The van der Waals surface area contributed by atoms with Crippen LogP contribution in [0.4, 0.5) is 0 Å². The smallest absolute Gasteiger partial charge is 0.343 e. The summed E-state index contributed by atoms with van der Waals surface area (Å²) < 4.78 is 32.7. The topological polar surface area (TPSA) is 63.7 Å². The molecule has 0 spiro atoms. The predicted molar refractivity (Wildman–Crippen MR) is 105 cm³/mol. The summed E-state index contributed by atoms with van der Waals surface area (Å²) in [5.41, 5.74) is 0.713. The first kappa shape index (κ1) is 20.1. The minimum atomic E-state index is -3.66. The standard InChI is InChI=1S/C19H19Cl2NO4S/c1-13-5-6-14(19(23)26-17-12-15(20)7-8-16(17)21)11-18(13)27(24,25)22-9-3-2-4-10-22/h5-8,11-12H,2-4,9-10H2,1H3. The summed E-state index contributed by atoms with van der Waals surface area (Å²) in [6, 6.07) is 9.03. The highest BCUT2D eigenvalue weighted by atomic mass is 35.5. The van der Waals surface area contributed by atoms with Crippen LogP contribution in [-0.4, -0.2) is 31.8 Å². The molecule has 8 heteroatoms. The van der Waals surface area contributed by atoms with Crippen LogP contribution in [0.15, 0.2) is 41.3 Å². The highest BCUT2D eigenvalue weighted by Crippen LogP contribution is 2.29. The normalized spacial score (nSPS) is 15.5. The number of hydrogen-bond donors (Lipinski definition) is 0. The van der Waals surface area contributed by atoms with Crippen LogP contribution in [0.5, 0.6) is 5.75 Å². The van der Waals surface area contributed by atoms with E-state index < -0.39 is 16.0 Å². The molecule has 1 fully saturated rings. The van der Waals surface area contributed by atoms with Crippen molar-refractivity contribution in [2.24, 2.45) is 0 Å². The van der Waals surface area contributed by atoms with Crippen molar-refractivity contribution in [3.8, 4) is 5.75 Å². The predicted octanol–water partition coefficient (Wildman–Crippen LogP) is 4.70. The monoisotopic (exact) mass is 427 g/mol. The fourth-order valence-electron chi connectivity index (χ4n) is 2.96. The summed E-state index contributed by atoms with van der Waals surface area (Å²) in [5, 5.41) is 0.612. The highest BCUT2D eigenvalue weighted by Gasteiger charge is 2.28. The second kappa shape index (κ2) is 8.19. The lowest BCUT2D eigenvalue weighted by molar-refractivity contribution is 0.0734. The van der Waals surface area contributed by atoms with Crippen LogP contribution in [0.3, 0.4) is 0 Å². The van der Waals surface area contributed by atoms with Crippen molar-refractivity contribution < 1.29 is 17.9 Å². The van der Waals surface area contributed by atoms with Crippen LogP contribution >= 0.6 is 23.2 Å². The van der Waals surface area contributed by atoms with E-state index >= 15 is 0 Å². The van der Waals surface area contributed by atoms with Gasteiger partial charge in [0.2, 0.25) is 10.0 Å². The molecule has 27 heavy (non-hydrogen) atoms. The molecule has 0 unspecified atom stereocenters. The van der Waals surface area contributed by atoms with Crippen molar-refractivity contribution in [2.75, 3.05) is 13.1 Å². The Kier molecular flexibility index (Phi) is 6.11. The molecular formula is C19H19Cl2NO4S. The third-order valence-corrected chi connectivity index (χ3v) is 7.04. The van der Waals surface area contributed by atoms with Gasteiger partial charge in [0.25, 0.3) is 0 Å². The molecule has 0 N–H and O–H groups in total. The van der Waals surface area contributed by atoms with Crippen molar-refractivity contribution in [1.29, 1.82) is 0 Å². The van der Waals surface area contributed by atoms with Gasteiger partial charge < -0.3 is 4.74 Å². The van der Waals surface area contributed by atoms with E-state index in [-0.39, 0.29) is 21.2 Å². The largest absolute Gasteiger partial charge is 0.421 e. The summed E-state index contributed by atoms with van der Waals surface area (Å²) in [6.07, 6.45) is 2.71. The van der Waals surface area contributed by atoms with Crippen LogP contribution in [0, 0.1) is 6.92 Å². The number of sulfonamides is 1. The van der Waals surface area contributed by atoms with E-state index in [1.54, 1.807) is 19.1 Å². The molecule has 2 aromatic rings. The van der Waals surface area contributed by atoms with E-state index in [0.29, 0.717) is 23.7 Å². The molecule has 0 aromatic heterocycles. The summed E-state index contributed by atoms with van der Waals surface area (Å²) in [7, 11) is -3.66. The molecule has 0 saturated carbocycles. The second-order valence-corrected chi connectivity index (χ2v) is 9.16. The first-order valence-corrected chi connectivity index (χ1v) is 10.8. The van der Waals surface area contributed by atoms with E-state index in [2.05, 4.69) is 0 Å².